The number of aromatic nitrogens is 1. The minimum atomic E-state index is -0.470. The summed E-state index contributed by atoms with van der Waals surface area (Å²) in [5.74, 6) is 0.238. The first-order chi connectivity index (χ1) is 10.1. The maximum absolute atomic E-state index is 11.7. The van der Waals surface area contributed by atoms with Crippen LogP contribution in [0.1, 0.15) is 30.1 Å². The van der Waals surface area contributed by atoms with Crippen molar-refractivity contribution >= 4 is 23.4 Å². The number of amides is 1. The molecule has 1 fully saturated rings. The third kappa shape index (κ3) is 4.08. The van der Waals surface area contributed by atoms with E-state index in [-0.39, 0.29) is 29.7 Å². The van der Waals surface area contributed by atoms with Crippen LogP contribution in [0.3, 0.4) is 0 Å². The topological polar surface area (TPSA) is 106 Å². The Balaban J connectivity index is 1.86. The Morgan fingerprint density at radius 3 is 2.86 bits per heavy atom. The van der Waals surface area contributed by atoms with Crippen molar-refractivity contribution in [3.63, 3.8) is 0 Å². The van der Waals surface area contributed by atoms with Gasteiger partial charge in [0.1, 0.15) is 5.82 Å². The number of esters is 1. The number of carbonyl (C=O) groups excluding carboxylic acids is 2. The third-order valence-corrected chi connectivity index (χ3v) is 3.15. The predicted octanol–water partition coefficient (Wildman–Crippen LogP) is 0.779. The highest BCUT2D eigenvalue weighted by molar-refractivity contribution is 5.97. The zero-order chi connectivity index (χ0) is 15.2. The first-order valence-electron chi connectivity index (χ1n) is 7.06. The Bertz CT molecular complexity index is 529. The predicted molar refractivity (Wildman–Crippen MR) is 78.8 cm³/mol. The molecule has 1 saturated carbocycles. The van der Waals surface area contributed by atoms with Gasteiger partial charge in [-0.25, -0.2) is 9.78 Å². The zero-order valence-electron chi connectivity index (χ0n) is 12.0. The molecule has 1 heterocycles. The van der Waals surface area contributed by atoms with Crippen LogP contribution in [0.15, 0.2) is 12.3 Å². The van der Waals surface area contributed by atoms with Gasteiger partial charge in [-0.1, -0.05) is 0 Å². The van der Waals surface area contributed by atoms with Gasteiger partial charge in [0.25, 0.3) is 0 Å². The van der Waals surface area contributed by atoms with Crippen molar-refractivity contribution in [2.45, 2.75) is 19.8 Å². The van der Waals surface area contributed by atoms with Crippen LogP contribution < -0.4 is 16.4 Å². The molecule has 1 aliphatic rings. The molecule has 1 aromatic heterocycles. The smallest absolute Gasteiger partial charge is 0.340 e. The summed E-state index contributed by atoms with van der Waals surface area (Å²) in [5.41, 5.74) is 6.44. The van der Waals surface area contributed by atoms with Gasteiger partial charge in [0.2, 0.25) is 5.91 Å². The lowest BCUT2D eigenvalue weighted by Crippen LogP contribution is -2.30. The summed E-state index contributed by atoms with van der Waals surface area (Å²) in [6, 6.07) is 1.52. The molecule has 1 amide bonds. The number of nitrogens with two attached hydrogens (primary N) is 1. The molecule has 1 aliphatic carbocycles. The lowest BCUT2D eigenvalue weighted by atomic mass is 10.2. The molecule has 0 radical (unpaired) electrons. The fraction of sp³-hybridized carbons (Fsp3) is 0.500. The van der Waals surface area contributed by atoms with Crippen LogP contribution >= 0.6 is 0 Å². The second-order valence-electron chi connectivity index (χ2n) is 4.83. The van der Waals surface area contributed by atoms with Gasteiger partial charge in [0.05, 0.1) is 17.9 Å². The summed E-state index contributed by atoms with van der Waals surface area (Å²) in [6.45, 7) is 3.00. The molecule has 0 aliphatic heterocycles. The first kappa shape index (κ1) is 15.1. The Morgan fingerprint density at radius 2 is 2.19 bits per heavy atom. The maximum atomic E-state index is 11.7. The fourth-order valence-corrected chi connectivity index (χ4v) is 1.86. The minimum absolute atomic E-state index is 0.0954. The van der Waals surface area contributed by atoms with E-state index in [0.29, 0.717) is 18.9 Å². The summed E-state index contributed by atoms with van der Waals surface area (Å²) in [4.78, 5) is 27.3. The van der Waals surface area contributed by atoms with Crippen LogP contribution in [0.2, 0.25) is 0 Å². The number of anilines is 2. The highest BCUT2D eigenvalue weighted by Gasteiger charge is 2.28. The van der Waals surface area contributed by atoms with Crippen molar-refractivity contribution in [1.29, 1.82) is 0 Å². The van der Waals surface area contributed by atoms with Crippen molar-refractivity contribution in [3.8, 4) is 0 Å². The summed E-state index contributed by atoms with van der Waals surface area (Å²) in [7, 11) is 0. The van der Waals surface area contributed by atoms with Crippen molar-refractivity contribution in [3.05, 3.63) is 17.8 Å². The van der Waals surface area contributed by atoms with Gasteiger partial charge in [0, 0.05) is 25.2 Å². The average molecular weight is 292 g/mol. The molecule has 0 bridgehead atoms. The van der Waals surface area contributed by atoms with Gasteiger partial charge >= 0.3 is 5.97 Å². The van der Waals surface area contributed by atoms with E-state index >= 15 is 0 Å². The van der Waals surface area contributed by atoms with Crippen LogP contribution in [0, 0.1) is 5.92 Å². The lowest BCUT2D eigenvalue weighted by molar-refractivity contribution is -0.122. The van der Waals surface area contributed by atoms with E-state index in [1.54, 1.807) is 6.92 Å². The molecule has 7 heteroatoms. The SMILES string of the molecule is CCOC(=O)c1ccnc(NCCNC(=O)C2CC2)c1N. The van der Waals surface area contributed by atoms with E-state index in [9.17, 15) is 9.59 Å². The summed E-state index contributed by atoms with van der Waals surface area (Å²) >= 11 is 0. The number of carbonyl (C=O) groups is 2. The van der Waals surface area contributed by atoms with Crippen molar-refractivity contribution in [1.82, 2.24) is 10.3 Å². The molecule has 4 N–H and O–H groups in total. The number of nitrogen functional groups attached to an aromatic ring is 1. The summed E-state index contributed by atoms with van der Waals surface area (Å²) < 4.78 is 4.92. The zero-order valence-corrected chi connectivity index (χ0v) is 12.0. The standard InChI is InChI=1S/C14H20N4O3/c1-2-21-14(20)10-5-6-16-12(11(10)15)17-7-8-18-13(19)9-3-4-9/h5-6,9H,2-4,7-8,15H2,1H3,(H,16,17)(H,18,19). The molecule has 0 atom stereocenters. The second-order valence-corrected chi connectivity index (χ2v) is 4.83. The van der Waals surface area contributed by atoms with Gasteiger partial charge in [-0.2, -0.15) is 0 Å². The number of ether oxygens (including phenoxy) is 1. The van der Waals surface area contributed by atoms with Gasteiger partial charge < -0.3 is 21.1 Å². The number of nitrogens with zero attached hydrogens (tertiary/aromatic N) is 1. The minimum Gasteiger partial charge on any atom is -0.462 e. The van der Waals surface area contributed by atoms with E-state index in [0.717, 1.165) is 12.8 Å². The summed E-state index contributed by atoms with van der Waals surface area (Å²) in [6.07, 6.45) is 3.46. The van der Waals surface area contributed by atoms with Crippen LogP contribution in [0.25, 0.3) is 0 Å². The molecular weight excluding hydrogens is 272 g/mol. The monoisotopic (exact) mass is 292 g/mol. The number of nitrogens with one attached hydrogen (secondary N) is 2. The highest BCUT2D eigenvalue weighted by atomic mass is 16.5. The van der Waals surface area contributed by atoms with Gasteiger partial charge in [-0.3, -0.25) is 4.79 Å². The molecule has 7 nitrogen and oxygen atoms in total. The van der Waals surface area contributed by atoms with E-state index in [2.05, 4.69) is 15.6 Å². The van der Waals surface area contributed by atoms with Gasteiger partial charge in [0.15, 0.2) is 0 Å². The Kier molecular flexibility index (Phi) is 4.97. The number of hydrogen-bond acceptors (Lipinski definition) is 6. The van der Waals surface area contributed by atoms with Crippen molar-refractivity contribution < 1.29 is 14.3 Å². The van der Waals surface area contributed by atoms with Gasteiger partial charge in [-0.15, -0.1) is 0 Å². The quantitative estimate of drug-likeness (QED) is 0.506. The molecule has 1 aromatic rings. The van der Waals surface area contributed by atoms with Crippen LogP contribution in [-0.2, 0) is 9.53 Å². The van der Waals surface area contributed by atoms with Crippen LogP contribution in [0.4, 0.5) is 11.5 Å². The largest absolute Gasteiger partial charge is 0.462 e. The molecule has 0 spiro atoms. The molecular formula is C14H20N4O3. The molecule has 21 heavy (non-hydrogen) atoms. The Morgan fingerprint density at radius 1 is 1.43 bits per heavy atom. The Labute approximate surface area is 123 Å². The molecule has 2 rings (SSSR count). The van der Waals surface area contributed by atoms with E-state index < -0.39 is 5.97 Å². The van der Waals surface area contributed by atoms with E-state index in [1.807, 2.05) is 0 Å². The molecule has 0 aromatic carbocycles. The molecule has 0 saturated heterocycles. The lowest BCUT2D eigenvalue weighted by Gasteiger charge is -2.11. The second kappa shape index (κ2) is 6.92. The van der Waals surface area contributed by atoms with E-state index in [4.69, 9.17) is 10.5 Å². The average Bonchev–Trinajstić information content (AvgIpc) is 3.29. The number of pyridine rings is 1. The van der Waals surface area contributed by atoms with E-state index in [1.165, 1.54) is 12.3 Å². The molecule has 0 unspecified atom stereocenters. The van der Waals surface area contributed by atoms with Crippen molar-refractivity contribution in [2.75, 3.05) is 30.7 Å². The van der Waals surface area contributed by atoms with Crippen LogP contribution in [0.5, 0.6) is 0 Å². The normalized spacial score (nSPS) is 13.6. The van der Waals surface area contributed by atoms with Gasteiger partial charge in [-0.05, 0) is 25.8 Å². The highest BCUT2D eigenvalue weighted by Crippen LogP contribution is 2.28. The number of rotatable bonds is 7. The number of hydrogen-bond donors (Lipinski definition) is 3. The first-order valence-corrected chi connectivity index (χ1v) is 7.06. The fourth-order valence-electron chi connectivity index (χ4n) is 1.86. The third-order valence-electron chi connectivity index (χ3n) is 3.15. The maximum Gasteiger partial charge on any atom is 0.340 e. The Hall–Kier alpha value is -2.31. The van der Waals surface area contributed by atoms with Crippen LogP contribution in [-0.4, -0.2) is 36.6 Å². The molecule has 114 valence electrons. The summed E-state index contributed by atoms with van der Waals surface area (Å²) in [5, 5.41) is 5.84. The van der Waals surface area contributed by atoms with Crippen molar-refractivity contribution in [2.24, 2.45) is 5.92 Å².